The summed E-state index contributed by atoms with van der Waals surface area (Å²) in [6, 6.07) is 0. The first-order valence-electron chi connectivity index (χ1n) is 13.4. The molecule has 1 heterocycles. The van der Waals surface area contributed by atoms with Crippen molar-refractivity contribution >= 4 is 17.7 Å². The monoisotopic (exact) mass is 526 g/mol. The number of carbonyl (C=O) groups is 3. The van der Waals surface area contributed by atoms with Crippen molar-refractivity contribution in [1.82, 2.24) is 0 Å². The summed E-state index contributed by atoms with van der Waals surface area (Å²) in [6.07, 6.45) is 16.8. The third-order valence-corrected chi connectivity index (χ3v) is 6.81. The molecule has 1 aliphatic heterocycles. The normalized spacial score (nSPS) is 23.3. The van der Waals surface area contributed by atoms with Crippen molar-refractivity contribution in [2.75, 3.05) is 0 Å². The van der Waals surface area contributed by atoms with Crippen molar-refractivity contribution in [2.45, 2.75) is 80.4 Å². The van der Waals surface area contributed by atoms with Gasteiger partial charge < -0.3 is 14.9 Å². The van der Waals surface area contributed by atoms with Crippen LogP contribution in [0.3, 0.4) is 0 Å². The molecule has 0 aromatic rings. The molecule has 0 saturated heterocycles. The zero-order chi connectivity index (χ0) is 29.0. The molecule has 6 heteroatoms. The van der Waals surface area contributed by atoms with E-state index < -0.39 is 18.0 Å². The Kier molecular flexibility index (Phi) is 14.0. The first kappa shape index (κ1) is 33.0. The van der Waals surface area contributed by atoms with Gasteiger partial charge in [-0.1, -0.05) is 87.8 Å². The van der Waals surface area contributed by atoms with Gasteiger partial charge in [-0.15, -0.1) is 0 Å². The summed E-state index contributed by atoms with van der Waals surface area (Å²) in [5.74, 6) is -2.02. The van der Waals surface area contributed by atoms with Crippen molar-refractivity contribution in [3.05, 3.63) is 71.4 Å². The Balaban J connectivity index is 2.63. The fraction of sp³-hybridized carbons (Fsp3) is 0.531. The number of hydrogen-bond donors (Lipinski definition) is 2. The summed E-state index contributed by atoms with van der Waals surface area (Å²) < 4.78 is 5.34. The number of hydrogen-bond acceptors (Lipinski definition) is 5. The van der Waals surface area contributed by atoms with E-state index in [1.165, 1.54) is 6.08 Å². The number of Topliss-reactive ketones (excluding diaryl/α,β-unsaturated/α-hetero) is 1. The maximum Gasteiger partial charge on any atom is 0.331 e. The van der Waals surface area contributed by atoms with Crippen LogP contribution in [0, 0.1) is 29.6 Å². The van der Waals surface area contributed by atoms with E-state index in [-0.39, 0.29) is 35.6 Å². The van der Waals surface area contributed by atoms with Crippen LogP contribution in [0.5, 0.6) is 0 Å². The minimum absolute atomic E-state index is 0.0378. The summed E-state index contributed by atoms with van der Waals surface area (Å²) in [7, 11) is 0. The molecule has 0 bridgehead atoms. The molecule has 7 atom stereocenters. The lowest BCUT2D eigenvalue weighted by Crippen LogP contribution is -2.34. The van der Waals surface area contributed by atoms with E-state index in [2.05, 4.69) is 19.1 Å². The Morgan fingerprint density at radius 1 is 1.05 bits per heavy atom. The number of carboxylic acid groups (broad SMARTS) is 1. The largest absolute Gasteiger partial charge is 0.478 e. The van der Waals surface area contributed by atoms with Crippen LogP contribution in [-0.2, 0) is 19.1 Å². The van der Waals surface area contributed by atoms with Gasteiger partial charge in [0, 0.05) is 29.9 Å². The van der Waals surface area contributed by atoms with Gasteiger partial charge in [0.05, 0.1) is 6.10 Å². The second-order valence-electron chi connectivity index (χ2n) is 10.9. The highest BCUT2D eigenvalue weighted by atomic mass is 16.5. The molecule has 210 valence electrons. The lowest BCUT2D eigenvalue weighted by atomic mass is 9.83. The zero-order valence-corrected chi connectivity index (χ0v) is 24.2. The molecule has 2 N–H and O–H groups in total. The first-order chi connectivity index (χ1) is 17.7. The second-order valence-corrected chi connectivity index (χ2v) is 10.9. The standard InChI is InChI=1S/C32H46O6/c1-20(16-22(3)12-14-28-24(5)13-15-30(35)38-28)10-9-11-21(2)17-25(6)31(36)27(8)32(37)26(7)18-23(4)19-29(33)34/h9,11-17,19-20,24-28,32,37H,10,18H2,1-8H3,(H,33,34)/b11-9+,14-12+,21-17+,22-16-,23-19+/t20-,24+,25-,26+,27-,28+,32-/m1/s1. The van der Waals surface area contributed by atoms with E-state index in [1.807, 2.05) is 65.0 Å². The number of allylic oxidation sites excluding steroid dienone is 8. The summed E-state index contributed by atoms with van der Waals surface area (Å²) in [4.78, 5) is 35.2. The number of aliphatic hydroxyl groups is 1. The van der Waals surface area contributed by atoms with Gasteiger partial charge in [0.2, 0.25) is 0 Å². The lowest BCUT2D eigenvalue weighted by molar-refractivity contribution is -0.143. The number of esters is 1. The van der Waals surface area contributed by atoms with Crippen LogP contribution in [0.15, 0.2) is 71.4 Å². The second kappa shape index (κ2) is 16.1. The molecule has 0 unspecified atom stereocenters. The van der Waals surface area contributed by atoms with Crippen LogP contribution in [0.4, 0.5) is 0 Å². The Hall–Kier alpha value is -2.99. The van der Waals surface area contributed by atoms with Crippen LogP contribution >= 0.6 is 0 Å². The van der Waals surface area contributed by atoms with Gasteiger partial charge in [0.1, 0.15) is 11.9 Å². The number of ether oxygens (including phenoxy) is 1. The summed E-state index contributed by atoms with van der Waals surface area (Å²) >= 11 is 0. The minimum atomic E-state index is -1.01. The predicted octanol–water partition coefficient (Wildman–Crippen LogP) is 6.39. The van der Waals surface area contributed by atoms with Gasteiger partial charge in [-0.25, -0.2) is 9.59 Å². The molecular formula is C32H46O6. The molecule has 0 fully saturated rings. The molecule has 0 radical (unpaired) electrons. The van der Waals surface area contributed by atoms with E-state index in [9.17, 15) is 19.5 Å². The Labute approximate surface area is 228 Å². The van der Waals surface area contributed by atoms with Crippen LogP contribution in [0.1, 0.15) is 68.2 Å². The molecule has 0 aromatic heterocycles. The van der Waals surface area contributed by atoms with E-state index >= 15 is 0 Å². The third-order valence-electron chi connectivity index (χ3n) is 6.81. The highest BCUT2D eigenvalue weighted by molar-refractivity contribution is 5.85. The van der Waals surface area contributed by atoms with E-state index in [1.54, 1.807) is 13.8 Å². The van der Waals surface area contributed by atoms with Crippen LogP contribution in [0.2, 0.25) is 0 Å². The topological polar surface area (TPSA) is 101 Å². The number of carboxylic acids is 1. The maximum atomic E-state index is 12.9. The number of aliphatic hydroxyl groups excluding tert-OH is 1. The number of rotatable bonds is 14. The van der Waals surface area contributed by atoms with Crippen LogP contribution in [-0.4, -0.2) is 40.1 Å². The molecule has 1 rings (SSSR count). The number of cyclic esters (lactones) is 1. The van der Waals surface area contributed by atoms with Gasteiger partial charge >= 0.3 is 11.9 Å². The Morgan fingerprint density at radius 3 is 2.32 bits per heavy atom. The van der Waals surface area contributed by atoms with Crippen molar-refractivity contribution in [1.29, 1.82) is 0 Å². The third kappa shape index (κ3) is 12.0. The minimum Gasteiger partial charge on any atom is -0.478 e. The fourth-order valence-corrected chi connectivity index (χ4v) is 4.63. The summed E-state index contributed by atoms with van der Waals surface area (Å²) in [6.45, 7) is 15.3. The molecular weight excluding hydrogens is 480 g/mol. The molecule has 0 saturated carbocycles. The van der Waals surface area contributed by atoms with E-state index in [4.69, 9.17) is 9.84 Å². The van der Waals surface area contributed by atoms with Gasteiger partial charge in [-0.3, -0.25) is 4.79 Å². The molecule has 0 aliphatic carbocycles. The number of ketones is 1. The molecule has 1 aliphatic rings. The Morgan fingerprint density at radius 2 is 1.68 bits per heavy atom. The van der Waals surface area contributed by atoms with Crippen LogP contribution in [0.25, 0.3) is 0 Å². The molecule has 0 aromatic carbocycles. The van der Waals surface area contributed by atoms with Crippen molar-refractivity contribution in [3.63, 3.8) is 0 Å². The fourth-order valence-electron chi connectivity index (χ4n) is 4.63. The summed E-state index contributed by atoms with van der Waals surface area (Å²) in [5.41, 5.74) is 2.75. The molecule has 6 nitrogen and oxygen atoms in total. The Bertz CT molecular complexity index is 1010. The SMILES string of the molecule is CC(=C/[C@H](C)C/C=C/C(C)=C/[C@@H](C)C(=O)[C@@H](C)[C@H](O)[C@@H](C)C/C(C)=C/C(=O)O)/C=C/[C@@H]1OC(=O)C=C[C@@H]1C. The van der Waals surface area contributed by atoms with Gasteiger partial charge in [-0.05, 0) is 51.5 Å². The average Bonchev–Trinajstić information content (AvgIpc) is 2.82. The van der Waals surface area contributed by atoms with Gasteiger partial charge in [0.15, 0.2) is 0 Å². The molecule has 0 spiro atoms. The average molecular weight is 527 g/mol. The zero-order valence-electron chi connectivity index (χ0n) is 24.2. The predicted molar refractivity (Wildman–Crippen MR) is 152 cm³/mol. The van der Waals surface area contributed by atoms with Crippen molar-refractivity contribution in [3.8, 4) is 0 Å². The highest BCUT2D eigenvalue weighted by Crippen LogP contribution is 2.24. The van der Waals surface area contributed by atoms with E-state index in [0.29, 0.717) is 17.9 Å². The van der Waals surface area contributed by atoms with Gasteiger partial charge in [0.25, 0.3) is 0 Å². The smallest absolute Gasteiger partial charge is 0.331 e. The maximum absolute atomic E-state index is 12.9. The van der Waals surface area contributed by atoms with Crippen molar-refractivity contribution in [2.24, 2.45) is 29.6 Å². The number of aliphatic carboxylic acids is 1. The van der Waals surface area contributed by atoms with Crippen molar-refractivity contribution < 1.29 is 29.3 Å². The first-order valence-corrected chi connectivity index (χ1v) is 13.4. The lowest BCUT2D eigenvalue weighted by Gasteiger charge is -2.25. The highest BCUT2D eigenvalue weighted by Gasteiger charge is 2.29. The summed E-state index contributed by atoms with van der Waals surface area (Å²) in [5, 5.41) is 19.5. The van der Waals surface area contributed by atoms with Crippen LogP contribution < -0.4 is 0 Å². The molecule has 0 amide bonds. The molecule has 38 heavy (non-hydrogen) atoms. The van der Waals surface area contributed by atoms with Gasteiger partial charge in [-0.2, -0.15) is 0 Å². The quantitative estimate of drug-likeness (QED) is 0.154. The number of carbonyl (C=O) groups excluding carboxylic acids is 2. The van der Waals surface area contributed by atoms with E-state index in [0.717, 1.165) is 23.6 Å².